The maximum atomic E-state index is 11.2. The van der Waals surface area contributed by atoms with Crippen molar-refractivity contribution in [2.75, 3.05) is 0 Å². The lowest BCUT2D eigenvalue weighted by Gasteiger charge is -2.30. The van der Waals surface area contributed by atoms with Crippen LogP contribution in [0, 0.1) is 5.92 Å². The molecule has 3 N–H and O–H groups in total. The summed E-state index contributed by atoms with van der Waals surface area (Å²) in [5, 5.41) is 14.3. The predicted octanol–water partition coefficient (Wildman–Crippen LogP) is 0.103. The Morgan fingerprint density at radius 2 is 2.16 bits per heavy atom. The second-order valence-electron chi connectivity index (χ2n) is 5.65. The number of aromatic nitrogens is 1. The summed E-state index contributed by atoms with van der Waals surface area (Å²) in [6.45, 7) is 4.24. The van der Waals surface area contributed by atoms with Gasteiger partial charge in [0.25, 0.3) is 0 Å². The van der Waals surface area contributed by atoms with Crippen LogP contribution in [0.5, 0.6) is 0 Å². The van der Waals surface area contributed by atoms with Gasteiger partial charge in [0.1, 0.15) is 12.1 Å². The van der Waals surface area contributed by atoms with Crippen molar-refractivity contribution < 1.29 is 15.2 Å². The first-order valence-corrected chi connectivity index (χ1v) is 6.73. The quantitative estimate of drug-likeness (QED) is 0.802. The standard InChI is InChI=1S/C15H18N2O2/c1-8(2)13-14-10(7-12(17-13)15(18)19)9-5-3-4-6-11(9)16-14/h3-6,8,12-13,16-17H,7H2,1-2H3,(H,18,19)/t12-,13+/m0/s1. The van der Waals surface area contributed by atoms with Crippen LogP contribution < -0.4 is 10.4 Å². The Labute approximate surface area is 111 Å². The number of fused-ring (bicyclic) bond motifs is 3. The van der Waals surface area contributed by atoms with Gasteiger partial charge in [0.15, 0.2) is 0 Å². The molecule has 0 fully saturated rings. The molecule has 1 aliphatic rings. The van der Waals surface area contributed by atoms with Gasteiger partial charge in [-0.2, -0.15) is 0 Å². The molecule has 0 amide bonds. The fourth-order valence-electron chi connectivity index (χ4n) is 3.08. The number of rotatable bonds is 2. The number of H-pyrrole nitrogens is 1. The predicted molar refractivity (Wildman–Crippen MR) is 70.3 cm³/mol. The number of hydrogen-bond donors (Lipinski definition) is 2. The highest BCUT2D eigenvalue weighted by molar-refractivity contribution is 5.86. The molecular formula is C15H18N2O2. The summed E-state index contributed by atoms with van der Waals surface area (Å²) in [5.41, 5.74) is 3.41. The topological polar surface area (TPSA) is 72.5 Å². The van der Waals surface area contributed by atoms with Gasteiger partial charge in [-0.05, 0) is 11.6 Å². The molecule has 4 nitrogen and oxygen atoms in total. The monoisotopic (exact) mass is 258 g/mol. The van der Waals surface area contributed by atoms with Crippen molar-refractivity contribution in [2.24, 2.45) is 5.92 Å². The fourth-order valence-corrected chi connectivity index (χ4v) is 3.08. The number of hydrogen-bond acceptors (Lipinski definition) is 2. The highest BCUT2D eigenvalue weighted by atomic mass is 16.4. The molecule has 100 valence electrons. The third kappa shape index (κ3) is 1.92. The molecule has 1 aromatic heterocycles. The number of nitrogens with two attached hydrogens (primary N) is 1. The highest BCUT2D eigenvalue weighted by Crippen LogP contribution is 2.31. The van der Waals surface area contributed by atoms with Crippen LogP contribution in [0.25, 0.3) is 10.9 Å². The molecule has 4 heteroatoms. The number of quaternary nitrogens is 1. The number of carbonyl (C=O) groups is 1. The molecule has 2 aromatic rings. The molecule has 0 aliphatic carbocycles. The number of para-hydroxylation sites is 1. The minimum absolute atomic E-state index is 0.152. The number of carbonyl (C=O) groups excluding carboxylic acids is 1. The van der Waals surface area contributed by atoms with Crippen molar-refractivity contribution in [1.29, 1.82) is 0 Å². The maximum absolute atomic E-state index is 11.2. The molecule has 0 saturated carbocycles. The Bertz CT molecular complexity index is 630. The molecule has 0 spiro atoms. The van der Waals surface area contributed by atoms with Gasteiger partial charge in [-0.3, -0.25) is 0 Å². The van der Waals surface area contributed by atoms with E-state index in [9.17, 15) is 9.90 Å². The van der Waals surface area contributed by atoms with Gasteiger partial charge in [0.05, 0.1) is 11.7 Å². The third-order valence-corrected chi connectivity index (χ3v) is 4.06. The molecule has 2 atom stereocenters. The molecule has 0 bridgehead atoms. The van der Waals surface area contributed by atoms with E-state index >= 15 is 0 Å². The average molecular weight is 258 g/mol. The van der Waals surface area contributed by atoms with Crippen LogP contribution in [0.3, 0.4) is 0 Å². The zero-order valence-electron chi connectivity index (χ0n) is 11.1. The summed E-state index contributed by atoms with van der Waals surface area (Å²) in [6.07, 6.45) is 0.533. The summed E-state index contributed by atoms with van der Waals surface area (Å²) in [4.78, 5) is 14.7. The number of benzene rings is 1. The van der Waals surface area contributed by atoms with Gasteiger partial charge in [-0.15, -0.1) is 0 Å². The highest BCUT2D eigenvalue weighted by Gasteiger charge is 2.35. The first kappa shape index (κ1) is 12.2. The Morgan fingerprint density at radius 1 is 1.42 bits per heavy atom. The van der Waals surface area contributed by atoms with E-state index in [0.717, 1.165) is 16.5 Å². The van der Waals surface area contributed by atoms with Gasteiger partial charge in [-0.25, -0.2) is 0 Å². The van der Waals surface area contributed by atoms with Gasteiger partial charge < -0.3 is 20.2 Å². The van der Waals surface area contributed by atoms with Crippen molar-refractivity contribution in [1.82, 2.24) is 4.98 Å². The number of carboxylic acids is 1. The van der Waals surface area contributed by atoms with Crippen LogP contribution in [0.15, 0.2) is 24.3 Å². The van der Waals surface area contributed by atoms with Crippen LogP contribution in [0.1, 0.15) is 31.1 Å². The normalized spacial score (nSPS) is 22.7. The van der Waals surface area contributed by atoms with E-state index in [0.29, 0.717) is 12.3 Å². The van der Waals surface area contributed by atoms with E-state index in [-0.39, 0.29) is 6.04 Å². The van der Waals surface area contributed by atoms with E-state index in [1.807, 2.05) is 23.5 Å². The van der Waals surface area contributed by atoms with E-state index < -0.39 is 12.0 Å². The molecule has 19 heavy (non-hydrogen) atoms. The smallest absolute Gasteiger partial charge is 0.131 e. The first-order valence-electron chi connectivity index (χ1n) is 6.73. The molecule has 1 aliphatic heterocycles. The summed E-state index contributed by atoms with van der Waals surface area (Å²) in [7, 11) is 0. The van der Waals surface area contributed by atoms with Crippen LogP contribution in [0.4, 0.5) is 0 Å². The molecule has 1 aromatic carbocycles. The summed E-state index contributed by atoms with van der Waals surface area (Å²) in [6, 6.07) is 7.75. The van der Waals surface area contributed by atoms with E-state index in [2.05, 4.69) is 24.9 Å². The van der Waals surface area contributed by atoms with Crippen LogP contribution >= 0.6 is 0 Å². The fraction of sp³-hybridized carbons (Fsp3) is 0.400. The largest absolute Gasteiger partial charge is 0.544 e. The number of aromatic amines is 1. The van der Waals surface area contributed by atoms with Crippen molar-refractivity contribution in [3.05, 3.63) is 35.5 Å². The van der Waals surface area contributed by atoms with Crippen LogP contribution in [-0.2, 0) is 11.2 Å². The number of carboxylic acid groups (broad SMARTS) is 1. The van der Waals surface area contributed by atoms with Crippen LogP contribution in [0.2, 0.25) is 0 Å². The molecule has 0 radical (unpaired) electrons. The Hall–Kier alpha value is -1.81. The first-order chi connectivity index (χ1) is 9.08. The van der Waals surface area contributed by atoms with Crippen molar-refractivity contribution in [2.45, 2.75) is 32.4 Å². The third-order valence-electron chi connectivity index (χ3n) is 4.06. The lowest BCUT2D eigenvalue weighted by Crippen LogP contribution is -2.96. The molecule has 0 saturated heterocycles. The SMILES string of the molecule is CC(C)[C@H]1[NH2+][C@H](C(=O)[O-])Cc2c1[nH]c1ccccc21. The Morgan fingerprint density at radius 3 is 2.84 bits per heavy atom. The summed E-state index contributed by atoms with van der Waals surface area (Å²) >= 11 is 0. The maximum Gasteiger partial charge on any atom is 0.131 e. The summed E-state index contributed by atoms with van der Waals surface area (Å²) < 4.78 is 0. The van der Waals surface area contributed by atoms with Crippen LogP contribution in [-0.4, -0.2) is 17.0 Å². The number of aliphatic carboxylic acids is 1. The molecule has 0 unspecified atom stereocenters. The minimum Gasteiger partial charge on any atom is -0.544 e. The second-order valence-corrected chi connectivity index (χ2v) is 5.65. The van der Waals surface area contributed by atoms with Crippen molar-refractivity contribution in [3.63, 3.8) is 0 Å². The van der Waals surface area contributed by atoms with E-state index in [4.69, 9.17) is 0 Å². The molecular weight excluding hydrogens is 240 g/mol. The molecule has 3 rings (SSSR count). The van der Waals surface area contributed by atoms with Gasteiger partial charge in [-0.1, -0.05) is 32.0 Å². The van der Waals surface area contributed by atoms with E-state index in [1.54, 1.807) is 0 Å². The second kappa shape index (κ2) is 4.38. The zero-order chi connectivity index (χ0) is 13.6. The van der Waals surface area contributed by atoms with Crippen molar-refractivity contribution in [3.8, 4) is 0 Å². The lowest BCUT2D eigenvalue weighted by molar-refractivity contribution is -0.731. The Balaban J connectivity index is 2.16. The minimum atomic E-state index is -0.971. The van der Waals surface area contributed by atoms with Crippen molar-refractivity contribution >= 4 is 16.9 Å². The van der Waals surface area contributed by atoms with Gasteiger partial charge in [0, 0.05) is 23.2 Å². The average Bonchev–Trinajstić information content (AvgIpc) is 2.75. The lowest BCUT2D eigenvalue weighted by atomic mass is 9.89. The van der Waals surface area contributed by atoms with Gasteiger partial charge >= 0.3 is 0 Å². The zero-order valence-corrected chi connectivity index (χ0v) is 11.1. The number of nitrogens with one attached hydrogen (secondary N) is 1. The van der Waals surface area contributed by atoms with Gasteiger partial charge in [0.2, 0.25) is 0 Å². The summed E-state index contributed by atoms with van der Waals surface area (Å²) in [5.74, 6) is -0.601. The molecule has 2 heterocycles. The van der Waals surface area contributed by atoms with E-state index in [1.165, 1.54) is 5.69 Å². The Kier molecular flexibility index (Phi) is 2.82.